The summed E-state index contributed by atoms with van der Waals surface area (Å²) in [6.07, 6.45) is 8.33. The standard InChI is InChI=1S/C18H34N4O2.HI/c1-19-18(22(2)11-12-24-14-16-7-8-16)21-10-9-20-17(23)13-15-5-3-4-6-15;/h15-16H,3-14H2,1-2H3,(H,19,21)(H,20,23);1H. The molecule has 1 amide bonds. The van der Waals surface area contributed by atoms with Gasteiger partial charge in [0.25, 0.3) is 0 Å². The number of hydrogen-bond donors (Lipinski definition) is 2. The van der Waals surface area contributed by atoms with Crippen molar-refractivity contribution in [3.8, 4) is 0 Å². The van der Waals surface area contributed by atoms with Gasteiger partial charge >= 0.3 is 0 Å². The van der Waals surface area contributed by atoms with Gasteiger partial charge in [0.1, 0.15) is 0 Å². The van der Waals surface area contributed by atoms with Crippen LogP contribution in [0.3, 0.4) is 0 Å². The number of ether oxygens (including phenoxy) is 1. The molecular weight excluding hydrogens is 431 g/mol. The van der Waals surface area contributed by atoms with E-state index in [0.717, 1.165) is 31.6 Å². The maximum Gasteiger partial charge on any atom is 0.220 e. The Morgan fingerprint density at radius 1 is 1.12 bits per heavy atom. The Hall–Kier alpha value is -0.570. The van der Waals surface area contributed by atoms with Gasteiger partial charge in [-0.25, -0.2) is 0 Å². The molecule has 0 radical (unpaired) electrons. The first-order chi connectivity index (χ1) is 11.7. The van der Waals surface area contributed by atoms with Crippen LogP contribution in [0.4, 0.5) is 0 Å². The van der Waals surface area contributed by atoms with Gasteiger partial charge in [-0.1, -0.05) is 12.8 Å². The van der Waals surface area contributed by atoms with Crippen LogP contribution in [-0.2, 0) is 9.53 Å². The Balaban J connectivity index is 0.00000312. The number of halogens is 1. The van der Waals surface area contributed by atoms with Crippen LogP contribution in [0.15, 0.2) is 4.99 Å². The fraction of sp³-hybridized carbons (Fsp3) is 0.889. The fourth-order valence-electron chi connectivity index (χ4n) is 3.15. The monoisotopic (exact) mass is 466 g/mol. The second-order valence-corrected chi connectivity index (χ2v) is 7.12. The molecule has 0 aromatic carbocycles. The summed E-state index contributed by atoms with van der Waals surface area (Å²) in [4.78, 5) is 18.2. The highest BCUT2D eigenvalue weighted by Crippen LogP contribution is 2.28. The van der Waals surface area contributed by atoms with Gasteiger partial charge in [-0.05, 0) is 37.5 Å². The van der Waals surface area contributed by atoms with Crippen LogP contribution < -0.4 is 10.6 Å². The van der Waals surface area contributed by atoms with E-state index in [-0.39, 0.29) is 29.9 Å². The molecule has 0 bridgehead atoms. The molecule has 2 aliphatic rings. The van der Waals surface area contributed by atoms with Crippen LogP contribution in [-0.4, -0.2) is 63.7 Å². The Morgan fingerprint density at radius 3 is 2.44 bits per heavy atom. The Kier molecular flexibility index (Phi) is 11.4. The molecule has 0 spiro atoms. The van der Waals surface area contributed by atoms with E-state index >= 15 is 0 Å². The average molecular weight is 466 g/mol. The van der Waals surface area contributed by atoms with Crippen molar-refractivity contribution in [2.75, 3.05) is 46.9 Å². The zero-order valence-electron chi connectivity index (χ0n) is 15.8. The van der Waals surface area contributed by atoms with E-state index in [1.54, 1.807) is 7.05 Å². The topological polar surface area (TPSA) is 66.0 Å². The maximum atomic E-state index is 11.9. The van der Waals surface area contributed by atoms with E-state index in [4.69, 9.17) is 4.74 Å². The van der Waals surface area contributed by atoms with Gasteiger partial charge in [-0.15, -0.1) is 24.0 Å². The molecule has 2 saturated carbocycles. The number of nitrogens with one attached hydrogen (secondary N) is 2. The van der Waals surface area contributed by atoms with Crippen LogP contribution in [0.25, 0.3) is 0 Å². The average Bonchev–Trinajstić information content (AvgIpc) is 3.26. The summed E-state index contributed by atoms with van der Waals surface area (Å²) in [5.41, 5.74) is 0. The van der Waals surface area contributed by atoms with Gasteiger partial charge in [-0.2, -0.15) is 0 Å². The van der Waals surface area contributed by atoms with Crippen molar-refractivity contribution < 1.29 is 9.53 Å². The van der Waals surface area contributed by atoms with Crippen molar-refractivity contribution in [2.24, 2.45) is 16.8 Å². The lowest BCUT2D eigenvalue weighted by Gasteiger charge is -2.22. The van der Waals surface area contributed by atoms with Crippen molar-refractivity contribution >= 4 is 35.8 Å². The molecule has 0 heterocycles. The first-order valence-electron chi connectivity index (χ1n) is 9.45. The Labute approximate surface area is 169 Å². The van der Waals surface area contributed by atoms with Crippen LogP contribution in [0.1, 0.15) is 44.9 Å². The largest absolute Gasteiger partial charge is 0.379 e. The zero-order valence-corrected chi connectivity index (χ0v) is 18.1. The normalized spacial score (nSPS) is 17.9. The summed E-state index contributed by atoms with van der Waals surface area (Å²) >= 11 is 0. The molecule has 7 heteroatoms. The van der Waals surface area contributed by atoms with Gasteiger partial charge in [0, 0.05) is 46.8 Å². The van der Waals surface area contributed by atoms with Crippen LogP contribution in [0.5, 0.6) is 0 Å². The van der Waals surface area contributed by atoms with E-state index in [1.165, 1.54) is 38.5 Å². The van der Waals surface area contributed by atoms with E-state index in [0.29, 0.717) is 25.4 Å². The number of carbonyl (C=O) groups excluding carboxylic acids is 1. The fourth-order valence-corrected chi connectivity index (χ4v) is 3.15. The van der Waals surface area contributed by atoms with Crippen molar-refractivity contribution in [3.63, 3.8) is 0 Å². The molecule has 25 heavy (non-hydrogen) atoms. The van der Waals surface area contributed by atoms with Crippen molar-refractivity contribution in [1.29, 1.82) is 0 Å². The third kappa shape index (κ3) is 9.63. The zero-order chi connectivity index (χ0) is 17.2. The summed E-state index contributed by atoms with van der Waals surface area (Å²) < 4.78 is 5.66. The third-order valence-corrected chi connectivity index (χ3v) is 4.87. The number of amides is 1. The molecular formula is C18H35IN4O2. The number of aliphatic imine (C=N–C) groups is 1. The molecule has 6 nitrogen and oxygen atoms in total. The SMILES string of the molecule is CN=C(NCCNC(=O)CC1CCCC1)N(C)CCOCC1CC1.I. The lowest BCUT2D eigenvalue weighted by Crippen LogP contribution is -2.43. The summed E-state index contributed by atoms with van der Waals surface area (Å²) in [5.74, 6) is 2.43. The first kappa shape index (κ1) is 22.5. The number of carbonyl (C=O) groups is 1. The smallest absolute Gasteiger partial charge is 0.220 e. The molecule has 146 valence electrons. The second kappa shape index (κ2) is 12.7. The summed E-state index contributed by atoms with van der Waals surface area (Å²) in [6.45, 7) is 3.77. The van der Waals surface area contributed by atoms with E-state index in [1.807, 2.05) is 7.05 Å². The molecule has 0 atom stereocenters. The minimum atomic E-state index is 0. The molecule has 0 unspecified atom stereocenters. The minimum absolute atomic E-state index is 0. The molecule has 0 aromatic heterocycles. The first-order valence-corrected chi connectivity index (χ1v) is 9.45. The van der Waals surface area contributed by atoms with Gasteiger partial charge < -0.3 is 20.3 Å². The van der Waals surface area contributed by atoms with Crippen LogP contribution in [0.2, 0.25) is 0 Å². The van der Waals surface area contributed by atoms with Crippen LogP contribution in [0, 0.1) is 11.8 Å². The lowest BCUT2D eigenvalue weighted by molar-refractivity contribution is -0.121. The predicted octanol–water partition coefficient (Wildman–Crippen LogP) is 2.23. The number of guanidine groups is 1. The highest BCUT2D eigenvalue weighted by molar-refractivity contribution is 14.0. The van der Waals surface area contributed by atoms with Crippen molar-refractivity contribution in [3.05, 3.63) is 0 Å². The maximum absolute atomic E-state index is 11.9. The molecule has 2 fully saturated rings. The van der Waals surface area contributed by atoms with Crippen molar-refractivity contribution in [2.45, 2.75) is 44.9 Å². The highest BCUT2D eigenvalue weighted by Gasteiger charge is 2.21. The molecule has 2 aliphatic carbocycles. The Bertz CT molecular complexity index is 410. The second-order valence-electron chi connectivity index (χ2n) is 7.12. The number of rotatable bonds is 10. The molecule has 2 rings (SSSR count). The quantitative estimate of drug-likeness (QED) is 0.224. The molecule has 0 aromatic rings. The number of hydrogen-bond acceptors (Lipinski definition) is 3. The van der Waals surface area contributed by atoms with Crippen molar-refractivity contribution in [1.82, 2.24) is 15.5 Å². The highest BCUT2D eigenvalue weighted by atomic mass is 127. The van der Waals surface area contributed by atoms with Crippen LogP contribution >= 0.6 is 24.0 Å². The summed E-state index contributed by atoms with van der Waals surface area (Å²) in [5, 5.41) is 6.29. The Morgan fingerprint density at radius 2 is 1.80 bits per heavy atom. The van der Waals surface area contributed by atoms with E-state index < -0.39 is 0 Å². The van der Waals surface area contributed by atoms with Gasteiger partial charge in [-0.3, -0.25) is 9.79 Å². The van der Waals surface area contributed by atoms with E-state index in [9.17, 15) is 4.79 Å². The van der Waals surface area contributed by atoms with Gasteiger partial charge in [0.15, 0.2) is 5.96 Å². The number of nitrogens with zero attached hydrogens (tertiary/aromatic N) is 2. The third-order valence-electron chi connectivity index (χ3n) is 4.87. The predicted molar refractivity (Wildman–Crippen MR) is 113 cm³/mol. The van der Waals surface area contributed by atoms with Gasteiger partial charge in [0.2, 0.25) is 5.91 Å². The number of likely N-dealkylation sites (N-methyl/N-ethyl adjacent to an activating group) is 1. The van der Waals surface area contributed by atoms with Gasteiger partial charge in [0.05, 0.1) is 6.61 Å². The molecule has 2 N–H and O–H groups in total. The summed E-state index contributed by atoms with van der Waals surface area (Å²) in [6, 6.07) is 0. The molecule has 0 saturated heterocycles. The van der Waals surface area contributed by atoms with E-state index in [2.05, 4.69) is 20.5 Å². The summed E-state index contributed by atoms with van der Waals surface area (Å²) in [7, 11) is 3.79. The molecule has 0 aliphatic heterocycles. The minimum Gasteiger partial charge on any atom is -0.379 e. The lowest BCUT2D eigenvalue weighted by atomic mass is 10.0.